The minimum Gasteiger partial charge on any atom is -0.465 e. The molecule has 0 saturated heterocycles. The Morgan fingerprint density at radius 1 is 0.459 bits per heavy atom. The molecule has 0 aromatic heterocycles. The van der Waals surface area contributed by atoms with Crippen LogP contribution in [0.1, 0.15) is 247 Å². The molecule has 0 radical (unpaired) electrons. The smallest absolute Gasteiger partial charge is 0.305 e. The molecule has 9 nitrogen and oxygen atoms in total. The van der Waals surface area contributed by atoms with Gasteiger partial charge in [-0.1, -0.05) is 169 Å². The Balaban J connectivity index is 4.60. The number of esters is 3. The van der Waals surface area contributed by atoms with Crippen LogP contribution in [0.3, 0.4) is 0 Å². The maximum absolute atomic E-state index is 12.9. The molecule has 2 unspecified atom stereocenters. The zero-order valence-corrected chi connectivity index (χ0v) is 41.0. The van der Waals surface area contributed by atoms with Gasteiger partial charge in [-0.3, -0.25) is 14.4 Å². The third-order valence-corrected chi connectivity index (χ3v) is 12.4. The number of nitrogens with zero attached hydrogens (tertiary/aromatic N) is 1. The Hall–Kier alpha value is -1.71. The van der Waals surface area contributed by atoms with Crippen LogP contribution >= 0.6 is 0 Å². The average molecular weight is 868 g/mol. The predicted molar refractivity (Wildman–Crippen MR) is 254 cm³/mol. The van der Waals surface area contributed by atoms with E-state index in [1.165, 1.54) is 116 Å². The largest absolute Gasteiger partial charge is 0.465 e. The quantitative estimate of drug-likeness (QED) is 0.0363. The molecule has 0 aliphatic rings. The van der Waals surface area contributed by atoms with Gasteiger partial charge in [0.1, 0.15) is 13.2 Å². The molecular weight excluding hydrogens is 767 g/mol. The van der Waals surface area contributed by atoms with Gasteiger partial charge in [0.25, 0.3) is 0 Å². The van der Waals surface area contributed by atoms with E-state index in [1.807, 2.05) is 0 Å². The molecule has 1 N–H and O–H groups in total. The Bertz CT molecular complexity index is 979. The molecule has 61 heavy (non-hydrogen) atoms. The number of aliphatic hydroxyl groups is 1. The van der Waals surface area contributed by atoms with E-state index in [4.69, 9.17) is 18.9 Å². The number of carbonyl (C=O) groups is 3. The summed E-state index contributed by atoms with van der Waals surface area (Å²) in [6, 6.07) is 0. The number of ether oxygens (including phenoxy) is 4. The molecule has 0 bridgehead atoms. The summed E-state index contributed by atoms with van der Waals surface area (Å²) in [5.74, 6) is 0.0306. The van der Waals surface area contributed by atoms with Crippen molar-refractivity contribution in [3.8, 4) is 0 Å². The molecule has 0 heterocycles. The molecule has 0 aliphatic carbocycles. The van der Waals surface area contributed by atoms with Crippen LogP contribution in [0.5, 0.6) is 0 Å². The fourth-order valence-corrected chi connectivity index (χ4v) is 7.90. The minimum absolute atomic E-state index is 0.0589. The van der Waals surface area contributed by atoms with Gasteiger partial charge in [-0.2, -0.15) is 0 Å². The second kappa shape index (κ2) is 44.9. The Morgan fingerprint density at radius 3 is 1.31 bits per heavy atom. The lowest BCUT2D eigenvalue weighted by Gasteiger charge is -2.31. The fourth-order valence-electron chi connectivity index (χ4n) is 7.90. The number of rotatable bonds is 48. The van der Waals surface area contributed by atoms with Gasteiger partial charge in [-0.25, -0.2) is 0 Å². The SMILES string of the molecule is CCCCCCCCOCC(CC)(COC(=O)CCCCCCC)COC(=O)CCCCCN(CCO)CCCCCC(=O)OCC(CCCCCC)CCCCCCCC. The van der Waals surface area contributed by atoms with Gasteiger partial charge in [-0.05, 0) is 76.8 Å². The van der Waals surface area contributed by atoms with Crippen molar-refractivity contribution in [2.24, 2.45) is 11.3 Å². The standard InChI is InChI=1S/C52H101NO8/c1-6-11-15-19-22-27-35-48(34-26-18-14-9-4)44-59-49(55)36-29-24-31-39-53(41-42-54)40-32-25-30-38-51(57)61-47-52(10-5,45-58-43-33-23-20-16-12-7-2)46-60-50(56)37-28-21-17-13-8-3/h48,54H,6-47H2,1-5H3. The summed E-state index contributed by atoms with van der Waals surface area (Å²) in [6.45, 7) is 15.5. The minimum atomic E-state index is -0.551. The number of aliphatic hydroxyl groups excluding tert-OH is 1. The zero-order valence-electron chi connectivity index (χ0n) is 41.0. The first-order valence-electron chi connectivity index (χ1n) is 26.2. The first kappa shape index (κ1) is 59.3. The fraction of sp³-hybridized carbons (Fsp3) is 0.942. The summed E-state index contributed by atoms with van der Waals surface area (Å²) in [4.78, 5) is 40.4. The van der Waals surface area contributed by atoms with Crippen molar-refractivity contribution in [3.63, 3.8) is 0 Å². The van der Waals surface area contributed by atoms with Crippen LogP contribution in [0, 0.1) is 11.3 Å². The molecule has 0 aromatic rings. The van der Waals surface area contributed by atoms with Crippen LogP contribution in [-0.4, -0.2) is 87.2 Å². The second-order valence-corrected chi connectivity index (χ2v) is 18.3. The number of hydrogen-bond acceptors (Lipinski definition) is 9. The lowest BCUT2D eigenvalue weighted by atomic mass is 9.88. The first-order valence-corrected chi connectivity index (χ1v) is 26.2. The Morgan fingerprint density at radius 2 is 0.852 bits per heavy atom. The number of unbranched alkanes of at least 4 members (excludes halogenated alkanes) is 21. The van der Waals surface area contributed by atoms with Crippen molar-refractivity contribution < 1.29 is 38.4 Å². The highest BCUT2D eigenvalue weighted by molar-refractivity contribution is 5.70. The van der Waals surface area contributed by atoms with Crippen molar-refractivity contribution in [1.82, 2.24) is 4.90 Å². The van der Waals surface area contributed by atoms with E-state index < -0.39 is 5.41 Å². The van der Waals surface area contributed by atoms with E-state index in [1.54, 1.807) is 0 Å². The molecular formula is C52H101NO8. The Labute approximate surface area is 377 Å². The molecule has 0 fully saturated rings. The van der Waals surface area contributed by atoms with Crippen LogP contribution in [-0.2, 0) is 33.3 Å². The van der Waals surface area contributed by atoms with Crippen LogP contribution in [0.25, 0.3) is 0 Å². The van der Waals surface area contributed by atoms with Crippen molar-refractivity contribution in [3.05, 3.63) is 0 Å². The molecule has 0 rings (SSSR count). The van der Waals surface area contributed by atoms with E-state index in [2.05, 4.69) is 39.5 Å². The lowest BCUT2D eigenvalue weighted by molar-refractivity contribution is -0.158. The molecule has 9 heteroatoms. The number of carbonyl (C=O) groups excluding carboxylic acids is 3. The van der Waals surface area contributed by atoms with Crippen molar-refractivity contribution >= 4 is 17.9 Å². The molecule has 0 aromatic carbocycles. The summed E-state index contributed by atoms with van der Waals surface area (Å²) in [7, 11) is 0. The highest BCUT2D eigenvalue weighted by Crippen LogP contribution is 2.26. The van der Waals surface area contributed by atoms with Crippen molar-refractivity contribution in [2.45, 2.75) is 247 Å². The van der Waals surface area contributed by atoms with Crippen LogP contribution < -0.4 is 0 Å². The summed E-state index contributed by atoms with van der Waals surface area (Å²) in [5, 5.41) is 9.67. The highest BCUT2D eigenvalue weighted by Gasteiger charge is 2.33. The third kappa shape index (κ3) is 38.5. The van der Waals surface area contributed by atoms with E-state index in [0.717, 1.165) is 83.7 Å². The van der Waals surface area contributed by atoms with Gasteiger partial charge in [0.15, 0.2) is 0 Å². The number of hydrogen-bond donors (Lipinski definition) is 1. The van der Waals surface area contributed by atoms with Gasteiger partial charge >= 0.3 is 17.9 Å². The van der Waals surface area contributed by atoms with Gasteiger partial charge in [0.2, 0.25) is 0 Å². The monoisotopic (exact) mass is 868 g/mol. The summed E-state index contributed by atoms with van der Waals surface area (Å²) in [6.07, 6.45) is 35.0. The summed E-state index contributed by atoms with van der Waals surface area (Å²) >= 11 is 0. The summed E-state index contributed by atoms with van der Waals surface area (Å²) in [5.41, 5.74) is -0.551. The molecule has 0 saturated carbocycles. The zero-order chi connectivity index (χ0) is 44.9. The van der Waals surface area contributed by atoms with Gasteiger partial charge in [-0.15, -0.1) is 0 Å². The molecule has 2 atom stereocenters. The maximum atomic E-state index is 12.9. The van der Waals surface area contributed by atoms with Crippen molar-refractivity contribution in [2.75, 3.05) is 59.3 Å². The van der Waals surface area contributed by atoms with Crippen LogP contribution in [0.4, 0.5) is 0 Å². The van der Waals surface area contributed by atoms with Crippen LogP contribution in [0.2, 0.25) is 0 Å². The topological polar surface area (TPSA) is 112 Å². The first-order chi connectivity index (χ1) is 29.8. The average Bonchev–Trinajstić information content (AvgIpc) is 3.26. The lowest BCUT2D eigenvalue weighted by Crippen LogP contribution is -2.38. The van der Waals surface area contributed by atoms with E-state index in [0.29, 0.717) is 58.0 Å². The van der Waals surface area contributed by atoms with Crippen molar-refractivity contribution in [1.29, 1.82) is 0 Å². The highest BCUT2D eigenvalue weighted by atomic mass is 16.6. The molecule has 362 valence electrons. The predicted octanol–water partition coefficient (Wildman–Crippen LogP) is 13.5. The van der Waals surface area contributed by atoms with Crippen LogP contribution in [0.15, 0.2) is 0 Å². The van der Waals surface area contributed by atoms with Gasteiger partial charge in [0.05, 0.1) is 25.2 Å². The second-order valence-electron chi connectivity index (χ2n) is 18.3. The molecule has 0 aliphatic heterocycles. The van der Waals surface area contributed by atoms with Gasteiger partial charge in [0, 0.05) is 32.4 Å². The molecule has 0 amide bonds. The van der Waals surface area contributed by atoms with E-state index >= 15 is 0 Å². The van der Waals surface area contributed by atoms with Gasteiger partial charge < -0.3 is 29.0 Å². The maximum Gasteiger partial charge on any atom is 0.305 e. The summed E-state index contributed by atoms with van der Waals surface area (Å²) < 4.78 is 23.5. The normalized spacial score (nSPS) is 13.0. The van der Waals surface area contributed by atoms with E-state index in [9.17, 15) is 19.5 Å². The third-order valence-electron chi connectivity index (χ3n) is 12.4. The van der Waals surface area contributed by atoms with E-state index in [-0.39, 0.29) is 37.7 Å². The Kier molecular flexibility index (Phi) is 43.6. The molecule has 0 spiro atoms.